The van der Waals surface area contributed by atoms with Crippen LogP contribution in [-0.2, 0) is 4.74 Å². The van der Waals surface area contributed by atoms with Gasteiger partial charge < -0.3 is 15.4 Å². The second-order valence-electron chi connectivity index (χ2n) is 5.91. The highest BCUT2D eigenvalue weighted by atomic mass is 16.6. The van der Waals surface area contributed by atoms with Crippen molar-refractivity contribution in [3.63, 3.8) is 0 Å². The molecule has 1 amide bonds. The molecule has 1 saturated heterocycles. The summed E-state index contributed by atoms with van der Waals surface area (Å²) in [7, 11) is 0. The Morgan fingerprint density at radius 2 is 2.06 bits per heavy atom. The monoisotopic (exact) mass is 242 g/mol. The predicted octanol–water partition coefficient (Wildman–Crippen LogP) is 2.37. The number of carbonyl (C=O) groups excluding carboxylic acids is 1. The number of hydrogen-bond acceptors (Lipinski definition) is 3. The zero-order chi connectivity index (χ0) is 13.1. The summed E-state index contributed by atoms with van der Waals surface area (Å²) in [5.74, 6) is 0.394. The molecule has 0 saturated carbocycles. The summed E-state index contributed by atoms with van der Waals surface area (Å²) in [6.07, 6.45) is 3.09. The van der Waals surface area contributed by atoms with Gasteiger partial charge in [-0.05, 0) is 53.0 Å². The fourth-order valence-corrected chi connectivity index (χ4v) is 2.28. The van der Waals surface area contributed by atoms with Crippen LogP contribution in [0.25, 0.3) is 0 Å². The van der Waals surface area contributed by atoms with Gasteiger partial charge in [-0.3, -0.25) is 0 Å². The van der Waals surface area contributed by atoms with E-state index in [1.807, 2.05) is 25.7 Å². The molecule has 4 heteroatoms. The minimum Gasteiger partial charge on any atom is -0.444 e. The van der Waals surface area contributed by atoms with Gasteiger partial charge in [-0.25, -0.2) is 4.79 Å². The Morgan fingerprint density at radius 1 is 1.41 bits per heavy atom. The second-order valence-corrected chi connectivity index (χ2v) is 5.91. The summed E-state index contributed by atoms with van der Waals surface area (Å²) >= 11 is 0. The number of rotatable bonds is 1. The molecule has 0 bridgehead atoms. The van der Waals surface area contributed by atoms with E-state index in [1.165, 1.54) is 0 Å². The molecular formula is C13H26N2O2. The first-order chi connectivity index (χ1) is 7.85. The van der Waals surface area contributed by atoms with Crippen LogP contribution in [0.4, 0.5) is 4.79 Å². The quantitative estimate of drug-likeness (QED) is 0.768. The summed E-state index contributed by atoms with van der Waals surface area (Å²) in [4.78, 5) is 13.9. The van der Waals surface area contributed by atoms with Crippen molar-refractivity contribution in [1.29, 1.82) is 0 Å². The van der Waals surface area contributed by atoms with E-state index >= 15 is 0 Å². The molecule has 0 radical (unpaired) electrons. The van der Waals surface area contributed by atoms with E-state index in [2.05, 4.69) is 6.92 Å². The molecule has 0 aliphatic carbocycles. The van der Waals surface area contributed by atoms with E-state index in [4.69, 9.17) is 10.5 Å². The van der Waals surface area contributed by atoms with Gasteiger partial charge in [0.15, 0.2) is 0 Å². The van der Waals surface area contributed by atoms with Crippen molar-refractivity contribution >= 4 is 6.09 Å². The smallest absolute Gasteiger partial charge is 0.410 e. The fourth-order valence-electron chi connectivity index (χ4n) is 2.28. The largest absolute Gasteiger partial charge is 0.444 e. The van der Waals surface area contributed by atoms with E-state index in [0.29, 0.717) is 12.5 Å². The van der Waals surface area contributed by atoms with Crippen LogP contribution < -0.4 is 5.73 Å². The first-order valence-corrected chi connectivity index (χ1v) is 6.55. The summed E-state index contributed by atoms with van der Waals surface area (Å²) < 4.78 is 5.44. The number of hydrogen-bond donors (Lipinski definition) is 1. The number of amides is 1. The zero-order valence-corrected chi connectivity index (χ0v) is 11.5. The molecule has 1 aliphatic rings. The SMILES string of the molecule is CC1C(CN)CCCCN1C(=O)OC(C)(C)C. The molecule has 2 atom stereocenters. The first-order valence-electron chi connectivity index (χ1n) is 6.55. The van der Waals surface area contributed by atoms with Gasteiger partial charge in [0, 0.05) is 12.6 Å². The Labute approximate surface area is 104 Å². The third kappa shape index (κ3) is 4.19. The van der Waals surface area contributed by atoms with E-state index < -0.39 is 5.60 Å². The van der Waals surface area contributed by atoms with Crippen LogP contribution in [0, 0.1) is 5.92 Å². The van der Waals surface area contributed by atoms with Gasteiger partial charge in [-0.2, -0.15) is 0 Å². The Kier molecular flexibility index (Phi) is 4.80. The molecule has 1 aliphatic heterocycles. The highest BCUT2D eigenvalue weighted by Crippen LogP contribution is 2.23. The van der Waals surface area contributed by atoms with Gasteiger partial charge in [0.25, 0.3) is 0 Å². The van der Waals surface area contributed by atoms with Crippen LogP contribution >= 0.6 is 0 Å². The van der Waals surface area contributed by atoms with Gasteiger partial charge in [0.05, 0.1) is 0 Å². The molecule has 17 heavy (non-hydrogen) atoms. The molecule has 0 aromatic heterocycles. The van der Waals surface area contributed by atoms with Crippen molar-refractivity contribution in [2.75, 3.05) is 13.1 Å². The summed E-state index contributed by atoms with van der Waals surface area (Å²) in [5.41, 5.74) is 5.34. The number of nitrogens with two attached hydrogens (primary N) is 1. The first kappa shape index (κ1) is 14.3. The minimum atomic E-state index is -0.429. The molecule has 1 rings (SSSR count). The summed E-state index contributed by atoms with van der Waals surface area (Å²) in [6, 6.07) is 0.178. The molecule has 1 fully saturated rings. The maximum absolute atomic E-state index is 12.1. The van der Waals surface area contributed by atoms with Crippen LogP contribution in [0.2, 0.25) is 0 Å². The average Bonchev–Trinajstić information content (AvgIpc) is 2.37. The third-order valence-corrected chi connectivity index (χ3v) is 3.33. The van der Waals surface area contributed by atoms with Gasteiger partial charge in [0.2, 0.25) is 0 Å². The average molecular weight is 242 g/mol. The van der Waals surface area contributed by atoms with E-state index in [1.54, 1.807) is 0 Å². The normalized spacial score (nSPS) is 26.5. The maximum atomic E-state index is 12.1. The number of nitrogens with zero attached hydrogens (tertiary/aromatic N) is 1. The fraction of sp³-hybridized carbons (Fsp3) is 0.923. The standard InChI is InChI=1S/C13H26N2O2/c1-10-11(9-14)7-5-6-8-15(10)12(16)17-13(2,3)4/h10-11H,5-9,14H2,1-4H3. The van der Waals surface area contributed by atoms with Gasteiger partial charge >= 0.3 is 6.09 Å². The van der Waals surface area contributed by atoms with Crippen molar-refractivity contribution in [3.8, 4) is 0 Å². The lowest BCUT2D eigenvalue weighted by Gasteiger charge is -2.33. The molecule has 0 spiro atoms. The molecule has 0 aromatic rings. The molecule has 4 nitrogen and oxygen atoms in total. The summed E-state index contributed by atoms with van der Waals surface area (Å²) in [6.45, 7) is 9.19. The Balaban J connectivity index is 2.69. The number of carbonyl (C=O) groups is 1. The van der Waals surface area contributed by atoms with Crippen molar-refractivity contribution in [1.82, 2.24) is 4.90 Å². The zero-order valence-electron chi connectivity index (χ0n) is 11.5. The Hall–Kier alpha value is -0.770. The molecule has 0 aromatic carbocycles. The predicted molar refractivity (Wildman–Crippen MR) is 68.8 cm³/mol. The molecule has 100 valence electrons. The van der Waals surface area contributed by atoms with Crippen LogP contribution in [0.5, 0.6) is 0 Å². The van der Waals surface area contributed by atoms with Gasteiger partial charge in [-0.15, -0.1) is 0 Å². The van der Waals surface area contributed by atoms with Crippen molar-refractivity contribution in [2.45, 2.75) is 58.6 Å². The Bertz CT molecular complexity index is 261. The van der Waals surface area contributed by atoms with Crippen molar-refractivity contribution < 1.29 is 9.53 Å². The van der Waals surface area contributed by atoms with E-state index in [-0.39, 0.29) is 12.1 Å². The van der Waals surface area contributed by atoms with E-state index in [9.17, 15) is 4.79 Å². The van der Waals surface area contributed by atoms with Crippen molar-refractivity contribution in [2.24, 2.45) is 11.7 Å². The van der Waals surface area contributed by atoms with Crippen LogP contribution in [-0.4, -0.2) is 35.7 Å². The van der Waals surface area contributed by atoms with Crippen molar-refractivity contribution in [3.05, 3.63) is 0 Å². The lowest BCUT2D eigenvalue weighted by atomic mass is 9.96. The number of ether oxygens (including phenoxy) is 1. The topological polar surface area (TPSA) is 55.6 Å². The lowest BCUT2D eigenvalue weighted by Crippen LogP contribution is -2.46. The summed E-state index contributed by atoms with van der Waals surface area (Å²) in [5, 5.41) is 0. The van der Waals surface area contributed by atoms with Crippen LogP contribution in [0.3, 0.4) is 0 Å². The van der Waals surface area contributed by atoms with E-state index in [0.717, 1.165) is 25.8 Å². The second kappa shape index (κ2) is 5.71. The molecule has 1 heterocycles. The van der Waals surface area contributed by atoms with Gasteiger partial charge in [0.1, 0.15) is 5.60 Å². The molecular weight excluding hydrogens is 216 g/mol. The van der Waals surface area contributed by atoms with Crippen LogP contribution in [0.1, 0.15) is 47.0 Å². The maximum Gasteiger partial charge on any atom is 0.410 e. The van der Waals surface area contributed by atoms with Crippen LogP contribution in [0.15, 0.2) is 0 Å². The minimum absolute atomic E-state index is 0.178. The molecule has 2 N–H and O–H groups in total. The number of likely N-dealkylation sites (tertiary alicyclic amines) is 1. The van der Waals surface area contributed by atoms with Gasteiger partial charge in [-0.1, -0.05) is 6.42 Å². The highest BCUT2D eigenvalue weighted by Gasteiger charge is 2.31. The Morgan fingerprint density at radius 3 is 2.59 bits per heavy atom. The highest BCUT2D eigenvalue weighted by molar-refractivity contribution is 5.68. The molecule has 2 unspecified atom stereocenters. The lowest BCUT2D eigenvalue weighted by molar-refractivity contribution is 0.0142. The third-order valence-electron chi connectivity index (χ3n) is 3.33.